The van der Waals surface area contributed by atoms with Crippen LogP contribution in [0.1, 0.15) is 22.5 Å². The molecule has 0 saturated carbocycles. The van der Waals surface area contributed by atoms with Gasteiger partial charge in [-0.05, 0) is 25.5 Å². The van der Waals surface area contributed by atoms with Gasteiger partial charge in [0.25, 0.3) is 0 Å². The number of nitrogens with zero attached hydrogens (tertiary/aromatic N) is 1. The van der Waals surface area contributed by atoms with Crippen LogP contribution >= 0.6 is 11.3 Å². The number of allylic oxidation sites excluding steroid dienone is 5. The van der Waals surface area contributed by atoms with Crippen molar-refractivity contribution in [3.63, 3.8) is 0 Å². The number of rotatable bonds is 4. The molecule has 1 rings (SSSR count). The third-order valence-corrected chi connectivity index (χ3v) is 3.71. The molecule has 0 aliphatic rings. The van der Waals surface area contributed by atoms with Crippen LogP contribution in [0.15, 0.2) is 30.4 Å². The highest BCUT2D eigenvalue weighted by Gasteiger charge is 2.30. The quantitative estimate of drug-likeness (QED) is 0.849. The van der Waals surface area contributed by atoms with Crippen LogP contribution in [0, 0.1) is 6.92 Å². The predicted molar refractivity (Wildman–Crippen MR) is 70.8 cm³/mol. The fourth-order valence-electron chi connectivity index (χ4n) is 1.31. The molecule has 6 heteroatoms. The molecule has 2 nitrogen and oxygen atoms in total. The number of hydrogen-bond acceptors (Lipinski definition) is 3. The largest absolute Gasteiger partial charge is 0.416 e. The minimum Gasteiger partial charge on any atom is -0.391 e. The SMILES string of the molecule is C=C/C(=C\C=C(/C)c1nc(C)c(CO)s1)C(F)(F)F. The Balaban J connectivity index is 3.04. The molecule has 0 fully saturated rings. The minimum atomic E-state index is -4.41. The van der Waals surface area contributed by atoms with Crippen molar-refractivity contribution >= 4 is 16.9 Å². The van der Waals surface area contributed by atoms with Crippen LogP contribution < -0.4 is 0 Å². The van der Waals surface area contributed by atoms with Gasteiger partial charge >= 0.3 is 6.18 Å². The summed E-state index contributed by atoms with van der Waals surface area (Å²) in [6.45, 7) is 6.45. The number of aryl methyl sites for hydroxylation is 1. The van der Waals surface area contributed by atoms with Crippen molar-refractivity contribution < 1.29 is 18.3 Å². The topological polar surface area (TPSA) is 33.1 Å². The van der Waals surface area contributed by atoms with Gasteiger partial charge in [-0.25, -0.2) is 4.98 Å². The molecule has 0 radical (unpaired) electrons. The average Bonchev–Trinajstić information content (AvgIpc) is 2.69. The van der Waals surface area contributed by atoms with E-state index in [0.29, 0.717) is 21.2 Å². The van der Waals surface area contributed by atoms with Crippen molar-refractivity contribution in [3.05, 3.63) is 46.0 Å². The van der Waals surface area contributed by atoms with Crippen LogP contribution in [0.2, 0.25) is 0 Å². The summed E-state index contributed by atoms with van der Waals surface area (Å²) < 4.78 is 37.4. The molecule has 0 aliphatic carbocycles. The number of alkyl halides is 3. The average molecular weight is 289 g/mol. The predicted octanol–water partition coefficient (Wildman–Crippen LogP) is 4.02. The molecule has 1 aromatic rings. The first-order chi connectivity index (χ1) is 8.79. The smallest absolute Gasteiger partial charge is 0.391 e. The Bertz CT molecular complexity index is 526. The third-order valence-electron chi connectivity index (χ3n) is 2.43. The zero-order valence-electron chi connectivity index (χ0n) is 10.6. The fraction of sp³-hybridized carbons (Fsp3) is 0.308. The zero-order valence-corrected chi connectivity index (χ0v) is 11.4. The summed E-state index contributed by atoms with van der Waals surface area (Å²) in [5.74, 6) is 0. The third kappa shape index (κ3) is 4.04. The van der Waals surface area contributed by atoms with Crippen LogP contribution in [0.5, 0.6) is 0 Å². The van der Waals surface area contributed by atoms with Crippen molar-refractivity contribution in [2.45, 2.75) is 26.6 Å². The van der Waals surface area contributed by atoms with E-state index in [1.165, 1.54) is 17.4 Å². The molecule has 19 heavy (non-hydrogen) atoms. The number of aliphatic hydroxyl groups is 1. The van der Waals surface area contributed by atoms with Crippen LogP contribution in [-0.4, -0.2) is 16.3 Å². The first kappa shape index (κ1) is 15.7. The molecule has 0 saturated heterocycles. The molecule has 1 heterocycles. The van der Waals surface area contributed by atoms with E-state index in [9.17, 15) is 13.2 Å². The minimum absolute atomic E-state index is 0.118. The highest BCUT2D eigenvalue weighted by atomic mass is 32.1. The highest BCUT2D eigenvalue weighted by molar-refractivity contribution is 7.12. The zero-order chi connectivity index (χ0) is 14.6. The Morgan fingerprint density at radius 2 is 2.05 bits per heavy atom. The van der Waals surface area contributed by atoms with Crippen LogP contribution in [0.25, 0.3) is 5.57 Å². The van der Waals surface area contributed by atoms with E-state index in [4.69, 9.17) is 5.11 Å². The molecular formula is C13H14F3NOS. The Morgan fingerprint density at radius 1 is 1.42 bits per heavy atom. The second kappa shape index (κ2) is 6.16. The Labute approximate surface area is 113 Å². The summed E-state index contributed by atoms with van der Waals surface area (Å²) >= 11 is 1.27. The number of hydrogen-bond donors (Lipinski definition) is 1. The van der Waals surface area contributed by atoms with Gasteiger partial charge in [-0.1, -0.05) is 18.7 Å². The summed E-state index contributed by atoms with van der Waals surface area (Å²) in [6.07, 6.45) is -1.31. The summed E-state index contributed by atoms with van der Waals surface area (Å²) in [5, 5.41) is 9.65. The number of aromatic nitrogens is 1. The number of aliphatic hydroxyl groups excluding tert-OH is 1. The van der Waals surface area contributed by atoms with E-state index in [1.54, 1.807) is 13.8 Å². The van der Waals surface area contributed by atoms with Crippen molar-refractivity contribution in [2.24, 2.45) is 0 Å². The van der Waals surface area contributed by atoms with E-state index in [0.717, 1.165) is 12.2 Å². The van der Waals surface area contributed by atoms with Crippen LogP contribution in [0.3, 0.4) is 0 Å². The summed E-state index contributed by atoms with van der Waals surface area (Å²) in [5.41, 5.74) is 0.498. The lowest BCUT2D eigenvalue weighted by Crippen LogP contribution is -2.09. The van der Waals surface area contributed by atoms with Gasteiger partial charge < -0.3 is 5.11 Å². The van der Waals surface area contributed by atoms with Gasteiger partial charge in [0, 0.05) is 0 Å². The maximum atomic E-state index is 12.5. The monoisotopic (exact) mass is 289 g/mol. The van der Waals surface area contributed by atoms with E-state index in [1.807, 2.05) is 0 Å². The van der Waals surface area contributed by atoms with Gasteiger partial charge in [-0.3, -0.25) is 0 Å². The number of halogens is 3. The fourth-order valence-corrected chi connectivity index (χ4v) is 2.21. The van der Waals surface area contributed by atoms with Crippen molar-refractivity contribution in [2.75, 3.05) is 0 Å². The van der Waals surface area contributed by atoms with Gasteiger partial charge in [-0.15, -0.1) is 11.3 Å². The molecule has 0 amide bonds. The lowest BCUT2D eigenvalue weighted by Gasteiger charge is -2.05. The van der Waals surface area contributed by atoms with E-state index < -0.39 is 11.7 Å². The van der Waals surface area contributed by atoms with Gasteiger partial charge in [0.15, 0.2) is 0 Å². The molecule has 0 bridgehead atoms. The normalized spacial score (nSPS) is 13.8. The molecule has 0 aromatic carbocycles. The van der Waals surface area contributed by atoms with E-state index >= 15 is 0 Å². The second-order valence-corrected chi connectivity index (χ2v) is 4.94. The first-order valence-electron chi connectivity index (χ1n) is 5.45. The number of thiazole rings is 1. The molecule has 0 aliphatic heterocycles. The lowest BCUT2D eigenvalue weighted by molar-refractivity contribution is -0.0881. The van der Waals surface area contributed by atoms with Crippen LogP contribution in [0.4, 0.5) is 13.2 Å². The molecule has 0 spiro atoms. The maximum absolute atomic E-state index is 12.5. The Kier molecular flexibility index (Phi) is 5.08. The van der Waals surface area contributed by atoms with E-state index in [-0.39, 0.29) is 6.61 Å². The summed E-state index contributed by atoms with van der Waals surface area (Å²) in [7, 11) is 0. The van der Waals surface area contributed by atoms with Gasteiger partial charge in [0.1, 0.15) is 5.01 Å². The summed E-state index contributed by atoms with van der Waals surface area (Å²) in [4.78, 5) is 4.92. The van der Waals surface area contributed by atoms with Crippen molar-refractivity contribution in [1.82, 2.24) is 4.98 Å². The highest BCUT2D eigenvalue weighted by Crippen LogP contribution is 2.28. The van der Waals surface area contributed by atoms with Crippen molar-refractivity contribution in [1.29, 1.82) is 0 Å². The van der Waals surface area contributed by atoms with Gasteiger partial charge in [0.05, 0.1) is 22.8 Å². The summed E-state index contributed by atoms with van der Waals surface area (Å²) in [6, 6.07) is 0. The van der Waals surface area contributed by atoms with Gasteiger partial charge in [0.2, 0.25) is 0 Å². The molecule has 0 unspecified atom stereocenters. The molecule has 104 valence electrons. The van der Waals surface area contributed by atoms with Crippen LogP contribution in [-0.2, 0) is 6.61 Å². The lowest BCUT2D eigenvalue weighted by atomic mass is 10.2. The molecule has 0 atom stereocenters. The first-order valence-corrected chi connectivity index (χ1v) is 6.27. The Hall–Kier alpha value is -1.40. The molecule has 1 aromatic heterocycles. The second-order valence-electron chi connectivity index (χ2n) is 3.86. The standard InChI is InChI=1S/C13H14F3NOS/c1-4-10(13(14,15)16)6-5-8(2)12-17-9(3)11(7-18)19-12/h4-6,18H,1,7H2,2-3H3/b8-5+,10-6+. The van der Waals surface area contributed by atoms with Crippen molar-refractivity contribution in [3.8, 4) is 0 Å². The Morgan fingerprint density at radius 3 is 2.47 bits per heavy atom. The maximum Gasteiger partial charge on any atom is 0.416 e. The molecular weight excluding hydrogens is 275 g/mol. The van der Waals surface area contributed by atoms with Gasteiger partial charge in [-0.2, -0.15) is 13.2 Å². The molecule has 1 N–H and O–H groups in total. The van der Waals surface area contributed by atoms with E-state index in [2.05, 4.69) is 11.6 Å².